The first-order chi connectivity index (χ1) is 9.72. The first-order valence-electron chi connectivity index (χ1n) is 6.43. The molecule has 0 unspecified atom stereocenters. The number of benzene rings is 2. The van der Waals surface area contributed by atoms with Gasteiger partial charge in [-0.1, -0.05) is 24.3 Å². The molecule has 0 aliphatic carbocycles. The fourth-order valence-corrected chi connectivity index (χ4v) is 2.27. The van der Waals surface area contributed by atoms with Crippen LogP contribution in [0.1, 0.15) is 5.56 Å². The fourth-order valence-electron chi connectivity index (χ4n) is 2.27. The van der Waals surface area contributed by atoms with Gasteiger partial charge in [0.05, 0.1) is 6.42 Å². The number of nitrogen functional groups attached to an aromatic ring is 1. The molecule has 100 valence electrons. The Balaban J connectivity index is 1.76. The van der Waals surface area contributed by atoms with E-state index in [-0.39, 0.29) is 5.91 Å². The zero-order valence-electron chi connectivity index (χ0n) is 10.9. The number of H-pyrrole nitrogens is 1. The van der Waals surface area contributed by atoms with Crippen LogP contribution in [0.2, 0.25) is 0 Å². The Morgan fingerprint density at radius 3 is 2.85 bits per heavy atom. The van der Waals surface area contributed by atoms with E-state index in [9.17, 15) is 4.79 Å². The largest absolute Gasteiger partial charge is 0.399 e. The Hall–Kier alpha value is -2.75. The lowest BCUT2D eigenvalue weighted by atomic mass is 10.1. The molecule has 2 aromatic carbocycles. The maximum atomic E-state index is 12.1. The smallest absolute Gasteiger partial charge is 0.228 e. The molecule has 1 heterocycles. The number of anilines is 2. The molecule has 0 fully saturated rings. The predicted molar refractivity (Wildman–Crippen MR) is 81.5 cm³/mol. The minimum atomic E-state index is -0.0552. The molecule has 3 rings (SSSR count). The standard InChI is InChI=1S/C16H15N3O/c17-12-4-3-5-13(9-12)19-16(20)8-11-10-18-15-7-2-1-6-14(11)15/h1-7,9-10,18H,8,17H2,(H,19,20). The number of para-hydroxylation sites is 1. The zero-order valence-corrected chi connectivity index (χ0v) is 10.9. The normalized spacial score (nSPS) is 10.6. The Bertz CT molecular complexity index is 761. The number of carbonyl (C=O) groups is 1. The molecule has 4 heteroatoms. The number of nitrogens with two attached hydrogens (primary N) is 1. The molecule has 4 nitrogen and oxygen atoms in total. The SMILES string of the molecule is Nc1cccc(NC(=O)Cc2c[nH]c3ccccc23)c1. The summed E-state index contributed by atoms with van der Waals surface area (Å²) in [6, 6.07) is 15.1. The van der Waals surface area contributed by atoms with E-state index in [2.05, 4.69) is 10.3 Å². The van der Waals surface area contributed by atoms with Crippen molar-refractivity contribution in [2.24, 2.45) is 0 Å². The summed E-state index contributed by atoms with van der Waals surface area (Å²) in [5.41, 5.74) is 9.07. The van der Waals surface area contributed by atoms with Gasteiger partial charge in [-0.25, -0.2) is 0 Å². The van der Waals surface area contributed by atoms with Crippen molar-refractivity contribution in [3.63, 3.8) is 0 Å². The minimum Gasteiger partial charge on any atom is -0.399 e. The number of carbonyl (C=O) groups excluding carboxylic acids is 1. The number of aromatic nitrogens is 1. The van der Waals surface area contributed by atoms with E-state index in [0.717, 1.165) is 22.2 Å². The molecule has 0 atom stereocenters. The van der Waals surface area contributed by atoms with Crippen LogP contribution in [0.25, 0.3) is 10.9 Å². The second kappa shape index (κ2) is 5.09. The highest BCUT2D eigenvalue weighted by molar-refractivity contribution is 5.96. The van der Waals surface area contributed by atoms with Gasteiger partial charge in [0.1, 0.15) is 0 Å². The molecule has 4 N–H and O–H groups in total. The van der Waals surface area contributed by atoms with E-state index in [4.69, 9.17) is 5.73 Å². The number of aromatic amines is 1. The Morgan fingerprint density at radius 1 is 1.15 bits per heavy atom. The van der Waals surface area contributed by atoms with E-state index < -0.39 is 0 Å². The number of fused-ring (bicyclic) bond motifs is 1. The van der Waals surface area contributed by atoms with Gasteiger partial charge in [-0.15, -0.1) is 0 Å². The van der Waals surface area contributed by atoms with Crippen LogP contribution in [0, 0.1) is 0 Å². The highest BCUT2D eigenvalue weighted by atomic mass is 16.1. The highest BCUT2D eigenvalue weighted by Crippen LogP contribution is 2.19. The summed E-state index contributed by atoms with van der Waals surface area (Å²) < 4.78 is 0. The molecule has 1 aromatic heterocycles. The van der Waals surface area contributed by atoms with Crippen molar-refractivity contribution in [3.8, 4) is 0 Å². The molecule has 0 aliphatic heterocycles. The number of rotatable bonds is 3. The first kappa shape index (κ1) is 12.3. The van der Waals surface area contributed by atoms with E-state index >= 15 is 0 Å². The first-order valence-corrected chi connectivity index (χ1v) is 6.43. The molecule has 3 aromatic rings. The van der Waals surface area contributed by atoms with Gasteiger partial charge < -0.3 is 16.0 Å². The third-order valence-electron chi connectivity index (χ3n) is 3.20. The third-order valence-corrected chi connectivity index (χ3v) is 3.20. The van der Waals surface area contributed by atoms with E-state index in [0.29, 0.717) is 12.1 Å². The molecule has 1 amide bonds. The van der Waals surface area contributed by atoms with Gasteiger partial charge >= 0.3 is 0 Å². The summed E-state index contributed by atoms with van der Waals surface area (Å²) in [5, 5.41) is 3.93. The molecule has 0 spiro atoms. The van der Waals surface area contributed by atoms with E-state index in [1.54, 1.807) is 12.1 Å². The summed E-state index contributed by atoms with van der Waals surface area (Å²) in [7, 11) is 0. The van der Waals surface area contributed by atoms with Gasteiger partial charge in [0.15, 0.2) is 0 Å². The average molecular weight is 265 g/mol. The zero-order chi connectivity index (χ0) is 13.9. The maximum absolute atomic E-state index is 12.1. The lowest BCUT2D eigenvalue weighted by molar-refractivity contribution is -0.115. The third kappa shape index (κ3) is 2.49. The monoisotopic (exact) mass is 265 g/mol. The van der Waals surface area contributed by atoms with Gasteiger partial charge in [-0.2, -0.15) is 0 Å². The average Bonchev–Trinajstić information content (AvgIpc) is 2.82. The summed E-state index contributed by atoms with van der Waals surface area (Å²) in [4.78, 5) is 15.2. The second-order valence-corrected chi connectivity index (χ2v) is 4.71. The summed E-state index contributed by atoms with van der Waals surface area (Å²) >= 11 is 0. The predicted octanol–water partition coefficient (Wildman–Crippen LogP) is 2.93. The number of hydrogen-bond acceptors (Lipinski definition) is 2. The van der Waals surface area contributed by atoms with Crippen molar-refractivity contribution in [2.75, 3.05) is 11.1 Å². The van der Waals surface area contributed by atoms with Gasteiger partial charge in [0.25, 0.3) is 0 Å². The fraction of sp³-hybridized carbons (Fsp3) is 0.0625. The van der Waals surface area contributed by atoms with E-state index in [1.165, 1.54) is 0 Å². The molecule has 0 radical (unpaired) electrons. The van der Waals surface area contributed by atoms with Gasteiger partial charge in [0.2, 0.25) is 5.91 Å². The van der Waals surface area contributed by atoms with E-state index in [1.807, 2.05) is 42.6 Å². The Labute approximate surface area is 116 Å². The molecular weight excluding hydrogens is 250 g/mol. The molecule has 0 bridgehead atoms. The van der Waals surface area contributed by atoms with Crippen LogP contribution >= 0.6 is 0 Å². The van der Waals surface area contributed by atoms with Crippen molar-refractivity contribution in [1.82, 2.24) is 4.98 Å². The van der Waals surface area contributed by atoms with Crippen LogP contribution in [0.15, 0.2) is 54.7 Å². The second-order valence-electron chi connectivity index (χ2n) is 4.71. The Morgan fingerprint density at radius 2 is 2.00 bits per heavy atom. The molecule has 20 heavy (non-hydrogen) atoms. The summed E-state index contributed by atoms with van der Waals surface area (Å²) in [6.45, 7) is 0. The van der Waals surface area contributed by atoms with Crippen LogP contribution in [0.3, 0.4) is 0 Å². The lowest BCUT2D eigenvalue weighted by Crippen LogP contribution is -2.14. The van der Waals surface area contributed by atoms with Crippen molar-refractivity contribution < 1.29 is 4.79 Å². The van der Waals surface area contributed by atoms with Crippen molar-refractivity contribution >= 4 is 28.2 Å². The number of amides is 1. The topological polar surface area (TPSA) is 70.9 Å². The number of nitrogens with one attached hydrogen (secondary N) is 2. The molecular formula is C16H15N3O. The number of hydrogen-bond donors (Lipinski definition) is 3. The summed E-state index contributed by atoms with van der Waals surface area (Å²) in [5.74, 6) is -0.0552. The molecule has 0 saturated carbocycles. The van der Waals surface area contributed by atoms with Gasteiger partial charge in [0, 0.05) is 28.5 Å². The quantitative estimate of drug-likeness (QED) is 0.637. The molecule has 0 aliphatic rings. The van der Waals surface area contributed by atoms with Crippen LogP contribution in [0.5, 0.6) is 0 Å². The summed E-state index contributed by atoms with van der Waals surface area (Å²) in [6.07, 6.45) is 2.21. The Kier molecular flexibility index (Phi) is 3.13. The molecule has 0 saturated heterocycles. The lowest BCUT2D eigenvalue weighted by Gasteiger charge is -2.05. The van der Waals surface area contributed by atoms with Crippen LogP contribution in [-0.4, -0.2) is 10.9 Å². The van der Waals surface area contributed by atoms with Crippen LogP contribution in [0.4, 0.5) is 11.4 Å². The van der Waals surface area contributed by atoms with Crippen molar-refractivity contribution in [3.05, 3.63) is 60.3 Å². The van der Waals surface area contributed by atoms with Crippen molar-refractivity contribution in [1.29, 1.82) is 0 Å². The van der Waals surface area contributed by atoms with Crippen molar-refractivity contribution in [2.45, 2.75) is 6.42 Å². The highest BCUT2D eigenvalue weighted by Gasteiger charge is 2.08. The van der Waals surface area contributed by atoms with Crippen LogP contribution < -0.4 is 11.1 Å². The maximum Gasteiger partial charge on any atom is 0.228 e. The van der Waals surface area contributed by atoms with Gasteiger partial charge in [-0.3, -0.25) is 4.79 Å². The minimum absolute atomic E-state index is 0.0552. The van der Waals surface area contributed by atoms with Crippen LogP contribution in [-0.2, 0) is 11.2 Å². The van der Waals surface area contributed by atoms with Gasteiger partial charge in [-0.05, 0) is 29.8 Å².